The molecule has 0 aliphatic carbocycles. The van der Waals surface area contributed by atoms with E-state index in [4.69, 9.17) is 9.47 Å². The maximum atomic E-state index is 12.7. The van der Waals surface area contributed by atoms with Gasteiger partial charge in [-0.3, -0.25) is 4.79 Å². The van der Waals surface area contributed by atoms with Gasteiger partial charge >= 0.3 is 0 Å². The zero-order chi connectivity index (χ0) is 17.1. The Kier molecular flexibility index (Phi) is 4.71. The first-order valence-electron chi connectivity index (χ1n) is 7.34. The average Bonchev–Trinajstić information content (AvgIpc) is 2.62. The Hall–Kier alpha value is -2.53. The van der Waals surface area contributed by atoms with Crippen molar-refractivity contribution >= 4 is 38.3 Å². The lowest BCUT2D eigenvalue weighted by Crippen LogP contribution is -2.12. The molecule has 3 aromatic carbocycles. The van der Waals surface area contributed by atoms with Gasteiger partial charge in [-0.25, -0.2) is 0 Å². The van der Waals surface area contributed by atoms with Crippen LogP contribution in [0.3, 0.4) is 0 Å². The smallest absolute Gasteiger partial charge is 0.255 e. The molecule has 1 N–H and O–H groups in total. The molecule has 0 saturated heterocycles. The molecule has 0 aliphatic rings. The van der Waals surface area contributed by atoms with Gasteiger partial charge in [0.15, 0.2) is 0 Å². The van der Waals surface area contributed by atoms with Crippen molar-refractivity contribution in [2.45, 2.75) is 0 Å². The first-order valence-corrected chi connectivity index (χ1v) is 8.14. The fourth-order valence-electron chi connectivity index (χ4n) is 2.53. The van der Waals surface area contributed by atoms with Crippen molar-refractivity contribution in [3.63, 3.8) is 0 Å². The summed E-state index contributed by atoms with van der Waals surface area (Å²) in [6.45, 7) is 0. The van der Waals surface area contributed by atoms with Gasteiger partial charge in [0.1, 0.15) is 16.0 Å². The largest absolute Gasteiger partial charge is 0.495 e. The first-order chi connectivity index (χ1) is 11.6. The van der Waals surface area contributed by atoms with Gasteiger partial charge in [-0.15, -0.1) is 0 Å². The van der Waals surface area contributed by atoms with E-state index in [0.29, 0.717) is 21.5 Å². The van der Waals surface area contributed by atoms with Crippen molar-refractivity contribution in [2.24, 2.45) is 0 Å². The predicted octanol–water partition coefficient (Wildman–Crippen LogP) is 4.87. The van der Waals surface area contributed by atoms with E-state index in [1.807, 2.05) is 42.5 Å². The number of fused-ring (bicyclic) bond motifs is 1. The quantitative estimate of drug-likeness (QED) is 0.696. The van der Waals surface area contributed by atoms with Crippen LogP contribution in [-0.2, 0) is 0 Å². The van der Waals surface area contributed by atoms with Crippen molar-refractivity contribution in [3.8, 4) is 11.5 Å². The second-order valence-corrected chi connectivity index (χ2v) is 5.97. The molecule has 0 bridgehead atoms. The van der Waals surface area contributed by atoms with Crippen LogP contribution >= 0.6 is 15.9 Å². The monoisotopic (exact) mass is 385 g/mol. The van der Waals surface area contributed by atoms with E-state index in [9.17, 15) is 4.79 Å². The molecule has 3 aromatic rings. The molecular weight excluding hydrogens is 370 g/mol. The fraction of sp³-hybridized carbons (Fsp3) is 0.105. The normalized spacial score (nSPS) is 10.5. The van der Waals surface area contributed by atoms with E-state index in [1.165, 1.54) is 0 Å². The summed E-state index contributed by atoms with van der Waals surface area (Å²) in [5.41, 5.74) is 1.22. The number of hydrogen-bond acceptors (Lipinski definition) is 3. The molecule has 0 fully saturated rings. The number of amides is 1. The van der Waals surface area contributed by atoms with Gasteiger partial charge in [0.2, 0.25) is 0 Å². The van der Waals surface area contributed by atoms with Crippen LogP contribution in [0.4, 0.5) is 5.69 Å². The third kappa shape index (κ3) is 3.08. The van der Waals surface area contributed by atoms with E-state index < -0.39 is 0 Å². The highest BCUT2D eigenvalue weighted by Gasteiger charge is 2.15. The predicted molar refractivity (Wildman–Crippen MR) is 99.1 cm³/mol. The average molecular weight is 386 g/mol. The second kappa shape index (κ2) is 6.93. The van der Waals surface area contributed by atoms with E-state index in [1.54, 1.807) is 26.4 Å². The molecule has 5 heteroatoms. The van der Waals surface area contributed by atoms with Gasteiger partial charge in [-0.2, -0.15) is 0 Å². The van der Waals surface area contributed by atoms with Crippen LogP contribution in [-0.4, -0.2) is 20.1 Å². The lowest BCUT2D eigenvalue weighted by atomic mass is 10.1. The lowest BCUT2D eigenvalue weighted by Gasteiger charge is -2.12. The summed E-state index contributed by atoms with van der Waals surface area (Å²) in [5, 5.41) is 5.02. The number of carbonyl (C=O) groups excluding carboxylic acids is 1. The molecule has 0 unspecified atom stereocenters. The Labute approximate surface area is 148 Å². The summed E-state index contributed by atoms with van der Waals surface area (Å²) in [4.78, 5) is 12.7. The van der Waals surface area contributed by atoms with E-state index in [2.05, 4.69) is 21.2 Å². The minimum atomic E-state index is -0.226. The van der Waals surface area contributed by atoms with Gasteiger partial charge in [-0.05, 0) is 39.5 Å². The van der Waals surface area contributed by atoms with Gasteiger partial charge in [0.05, 0.1) is 14.2 Å². The standard InChI is InChI=1S/C19H16BrNO3/c1-23-16-10-13(11-17(24-2)18(16)20)19(22)21-15-9-5-7-12-6-3-4-8-14(12)15/h3-11H,1-2H3,(H,21,22). The summed E-state index contributed by atoms with van der Waals surface area (Å²) in [6, 6.07) is 17.1. The number of ether oxygens (including phenoxy) is 2. The molecule has 24 heavy (non-hydrogen) atoms. The fourth-order valence-corrected chi connectivity index (χ4v) is 3.08. The van der Waals surface area contributed by atoms with Crippen LogP contribution in [0.25, 0.3) is 10.8 Å². The molecule has 1 amide bonds. The highest BCUT2D eigenvalue weighted by molar-refractivity contribution is 9.10. The zero-order valence-corrected chi connectivity index (χ0v) is 14.9. The highest BCUT2D eigenvalue weighted by Crippen LogP contribution is 2.36. The molecule has 0 heterocycles. The summed E-state index contributed by atoms with van der Waals surface area (Å²) >= 11 is 3.40. The van der Waals surface area contributed by atoms with Gasteiger partial charge in [0, 0.05) is 16.6 Å². The van der Waals surface area contributed by atoms with Crippen LogP contribution in [0.2, 0.25) is 0 Å². The Balaban J connectivity index is 1.98. The maximum absolute atomic E-state index is 12.7. The molecule has 0 spiro atoms. The third-order valence-corrected chi connectivity index (χ3v) is 4.53. The highest BCUT2D eigenvalue weighted by atomic mass is 79.9. The Morgan fingerprint density at radius 2 is 1.58 bits per heavy atom. The van der Waals surface area contributed by atoms with Crippen LogP contribution < -0.4 is 14.8 Å². The molecule has 122 valence electrons. The lowest BCUT2D eigenvalue weighted by molar-refractivity contribution is 0.102. The Bertz CT molecular complexity index is 878. The number of rotatable bonds is 4. The van der Waals surface area contributed by atoms with Crippen molar-refractivity contribution in [3.05, 3.63) is 64.6 Å². The summed E-state index contributed by atoms with van der Waals surface area (Å²) in [5.74, 6) is 0.852. The van der Waals surface area contributed by atoms with Crippen molar-refractivity contribution in [2.75, 3.05) is 19.5 Å². The SMILES string of the molecule is COc1cc(C(=O)Nc2cccc3ccccc23)cc(OC)c1Br. The van der Waals surface area contributed by atoms with Crippen LogP contribution in [0.1, 0.15) is 10.4 Å². The zero-order valence-electron chi connectivity index (χ0n) is 13.3. The number of nitrogens with one attached hydrogen (secondary N) is 1. The molecule has 0 radical (unpaired) electrons. The number of hydrogen-bond donors (Lipinski definition) is 1. The number of halogens is 1. The molecule has 3 rings (SSSR count). The van der Waals surface area contributed by atoms with Crippen LogP contribution in [0.5, 0.6) is 11.5 Å². The number of carbonyl (C=O) groups is 1. The molecule has 0 atom stereocenters. The molecule has 4 nitrogen and oxygen atoms in total. The van der Waals surface area contributed by atoms with E-state index >= 15 is 0 Å². The molecule has 0 aliphatic heterocycles. The van der Waals surface area contributed by atoms with Gasteiger partial charge < -0.3 is 14.8 Å². The topological polar surface area (TPSA) is 47.6 Å². The number of benzene rings is 3. The molecule has 0 saturated carbocycles. The summed E-state index contributed by atoms with van der Waals surface area (Å²) in [6.07, 6.45) is 0. The van der Waals surface area contributed by atoms with E-state index in [0.717, 1.165) is 16.5 Å². The van der Waals surface area contributed by atoms with Crippen LogP contribution in [0.15, 0.2) is 59.1 Å². The minimum Gasteiger partial charge on any atom is -0.495 e. The second-order valence-electron chi connectivity index (χ2n) is 5.18. The third-order valence-electron chi connectivity index (χ3n) is 3.75. The summed E-state index contributed by atoms with van der Waals surface area (Å²) in [7, 11) is 3.10. The molecule has 0 aromatic heterocycles. The van der Waals surface area contributed by atoms with Gasteiger partial charge in [0.25, 0.3) is 5.91 Å². The first kappa shape index (κ1) is 16.3. The summed E-state index contributed by atoms with van der Waals surface area (Å²) < 4.78 is 11.3. The van der Waals surface area contributed by atoms with Crippen molar-refractivity contribution in [1.29, 1.82) is 0 Å². The number of anilines is 1. The van der Waals surface area contributed by atoms with Crippen molar-refractivity contribution < 1.29 is 14.3 Å². The van der Waals surface area contributed by atoms with Gasteiger partial charge in [-0.1, -0.05) is 36.4 Å². The maximum Gasteiger partial charge on any atom is 0.255 e. The number of methoxy groups -OCH3 is 2. The minimum absolute atomic E-state index is 0.226. The molecular formula is C19H16BrNO3. The Morgan fingerprint density at radius 3 is 2.25 bits per heavy atom. The van der Waals surface area contributed by atoms with Crippen LogP contribution in [0, 0.1) is 0 Å². The Morgan fingerprint density at radius 1 is 0.958 bits per heavy atom. The van der Waals surface area contributed by atoms with E-state index in [-0.39, 0.29) is 5.91 Å². The van der Waals surface area contributed by atoms with Crippen molar-refractivity contribution in [1.82, 2.24) is 0 Å².